The van der Waals surface area contributed by atoms with Gasteiger partial charge in [0.15, 0.2) is 11.2 Å². The molecule has 160 valence electrons. The van der Waals surface area contributed by atoms with Crippen LogP contribution in [0, 0.1) is 6.92 Å². The van der Waals surface area contributed by atoms with Crippen molar-refractivity contribution in [1.29, 1.82) is 0 Å². The van der Waals surface area contributed by atoms with Gasteiger partial charge in [-0.2, -0.15) is 4.98 Å². The van der Waals surface area contributed by atoms with Crippen LogP contribution in [0.4, 0.5) is 0 Å². The number of aromatic nitrogens is 4. The molecular weight excluding hydrogens is 400 g/mol. The molecule has 0 aliphatic rings. The number of rotatable bonds is 6. The molecule has 0 atom stereocenters. The van der Waals surface area contributed by atoms with Gasteiger partial charge in [-0.1, -0.05) is 43.2 Å². The Kier molecular flexibility index (Phi) is 5.41. The predicted molar refractivity (Wildman–Crippen MR) is 115 cm³/mol. The van der Waals surface area contributed by atoms with Crippen LogP contribution in [0.3, 0.4) is 0 Å². The third kappa shape index (κ3) is 3.86. The molecule has 4 rings (SSSR count). The molecule has 3 aromatic heterocycles. The van der Waals surface area contributed by atoms with E-state index in [1.807, 2.05) is 38.1 Å². The fourth-order valence-electron chi connectivity index (χ4n) is 3.22. The van der Waals surface area contributed by atoms with Gasteiger partial charge in [0.25, 0.3) is 5.56 Å². The van der Waals surface area contributed by atoms with Crippen LogP contribution in [-0.4, -0.2) is 31.7 Å². The van der Waals surface area contributed by atoms with E-state index < -0.39 is 23.8 Å². The highest BCUT2D eigenvalue weighted by Crippen LogP contribution is 2.26. The number of fused-ring (bicyclic) bond motifs is 2. The number of unbranched alkanes of at least 4 members (excludes halogenated alkanes) is 1. The molecule has 0 radical (unpaired) electrons. The van der Waals surface area contributed by atoms with Crippen molar-refractivity contribution in [2.24, 2.45) is 7.05 Å². The first-order valence-corrected chi connectivity index (χ1v) is 10.0. The van der Waals surface area contributed by atoms with E-state index in [1.165, 1.54) is 11.6 Å². The normalized spacial score (nSPS) is 11.3. The first-order valence-electron chi connectivity index (χ1n) is 10.0. The summed E-state index contributed by atoms with van der Waals surface area (Å²) in [7, 11) is 1.47. The molecule has 0 N–H and O–H groups in total. The zero-order valence-electron chi connectivity index (χ0n) is 17.5. The Morgan fingerprint density at radius 1 is 1.16 bits per heavy atom. The van der Waals surface area contributed by atoms with E-state index in [0.717, 1.165) is 22.1 Å². The van der Waals surface area contributed by atoms with Crippen molar-refractivity contribution in [2.45, 2.75) is 33.2 Å². The summed E-state index contributed by atoms with van der Waals surface area (Å²) in [5.41, 5.74) is 1.25. The third-order valence-electron chi connectivity index (χ3n) is 5.01. The smallest absolute Gasteiger partial charge is 0.333 e. The fourth-order valence-corrected chi connectivity index (χ4v) is 3.22. The van der Waals surface area contributed by atoms with Crippen LogP contribution in [0.2, 0.25) is 0 Å². The number of hydrogen-bond donors (Lipinski definition) is 0. The van der Waals surface area contributed by atoms with Crippen LogP contribution in [0.25, 0.3) is 33.7 Å². The molecule has 0 aliphatic carbocycles. The molecule has 9 heteroatoms. The van der Waals surface area contributed by atoms with Gasteiger partial charge in [-0.3, -0.25) is 14.2 Å². The molecule has 0 amide bonds. The topological polar surface area (TPSA) is 109 Å². The Hall–Kier alpha value is -3.75. The van der Waals surface area contributed by atoms with Gasteiger partial charge in [-0.05, 0) is 13.3 Å². The minimum absolute atomic E-state index is 0.0211. The van der Waals surface area contributed by atoms with Crippen molar-refractivity contribution in [2.75, 3.05) is 6.61 Å². The Labute approximate surface area is 176 Å². The summed E-state index contributed by atoms with van der Waals surface area (Å²) in [5.74, 6) is -0.0962. The van der Waals surface area contributed by atoms with Crippen molar-refractivity contribution in [1.82, 2.24) is 19.1 Å². The maximum absolute atomic E-state index is 12.9. The highest BCUT2D eigenvalue weighted by Gasteiger charge is 2.19. The minimum Gasteiger partial charge on any atom is -0.464 e. The highest BCUT2D eigenvalue weighted by atomic mass is 16.5. The maximum Gasteiger partial charge on any atom is 0.333 e. The number of nitrogens with zero attached hydrogens (tertiary/aromatic N) is 4. The van der Waals surface area contributed by atoms with Gasteiger partial charge in [0.1, 0.15) is 17.8 Å². The molecule has 31 heavy (non-hydrogen) atoms. The third-order valence-corrected chi connectivity index (χ3v) is 5.01. The molecule has 0 bridgehead atoms. The second-order valence-electron chi connectivity index (χ2n) is 7.37. The van der Waals surface area contributed by atoms with Gasteiger partial charge in [0.2, 0.25) is 5.71 Å². The maximum atomic E-state index is 12.9. The molecule has 0 saturated heterocycles. The van der Waals surface area contributed by atoms with Crippen LogP contribution >= 0.6 is 0 Å². The number of ether oxygens (including phenoxy) is 1. The lowest BCUT2D eigenvalue weighted by Gasteiger charge is -2.09. The summed E-state index contributed by atoms with van der Waals surface area (Å²) < 4.78 is 12.9. The first kappa shape index (κ1) is 20.5. The fraction of sp³-hybridized carbons (Fsp3) is 0.318. The Morgan fingerprint density at radius 3 is 2.61 bits per heavy atom. The lowest BCUT2D eigenvalue weighted by atomic mass is 10.1. The molecule has 3 heterocycles. The van der Waals surface area contributed by atoms with Crippen molar-refractivity contribution in [3.63, 3.8) is 0 Å². The Bertz CT molecular complexity index is 1400. The SMILES string of the molecule is CCCCOC(=O)Cn1c(=O)c2nc3cc(-c4ccc(C)cc4)oc3nc2n(C)c1=O. The van der Waals surface area contributed by atoms with Crippen molar-refractivity contribution < 1.29 is 13.9 Å². The molecule has 9 nitrogen and oxygen atoms in total. The molecule has 1 aromatic carbocycles. The van der Waals surface area contributed by atoms with E-state index in [0.29, 0.717) is 17.7 Å². The highest BCUT2D eigenvalue weighted by molar-refractivity contribution is 5.84. The second kappa shape index (κ2) is 8.17. The standard InChI is InChI=1S/C22H22N4O5/c1-4-5-10-30-17(27)12-26-21(28)18-19(25(3)22(26)29)24-20-15(23-18)11-16(31-20)14-8-6-13(2)7-9-14/h6-9,11H,4-5,10,12H2,1-3H3. The van der Waals surface area contributed by atoms with Crippen molar-refractivity contribution in [3.8, 4) is 11.3 Å². The van der Waals surface area contributed by atoms with Gasteiger partial charge in [-0.25, -0.2) is 14.3 Å². The van der Waals surface area contributed by atoms with E-state index in [9.17, 15) is 14.4 Å². The number of carbonyl (C=O) groups excluding carboxylic acids is 1. The molecule has 0 unspecified atom stereocenters. The Balaban J connectivity index is 1.79. The van der Waals surface area contributed by atoms with Crippen molar-refractivity contribution in [3.05, 3.63) is 56.7 Å². The summed E-state index contributed by atoms with van der Waals surface area (Å²) in [6.07, 6.45) is 1.58. The number of carbonyl (C=O) groups is 1. The zero-order chi connectivity index (χ0) is 22.1. The number of benzene rings is 1. The molecule has 0 fully saturated rings. The molecule has 4 aromatic rings. The monoisotopic (exact) mass is 422 g/mol. The van der Waals surface area contributed by atoms with Crippen molar-refractivity contribution >= 4 is 28.4 Å². The zero-order valence-corrected chi connectivity index (χ0v) is 17.5. The average Bonchev–Trinajstić information content (AvgIpc) is 3.18. The van der Waals surface area contributed by atoms with Gasteiger partial charge < -0.3 is 9.15 Å². The molecule has 0 saturated carbocycles. The molecular formula is C22H22N4O5. The first-order chi connectivity index (χ1) is 14.9. The molecule has 0 spiro atoms. The van der Waals surface area contributed by atoms with Crippen LogP contribution < -0.4 is 11.2 Å². The summed E-state index contributed by atoms with van der Waals surface area (Å²) in [6.45, 7) is 3.72. The Morgan fingerprint density at radius 2 is 1.90 bits per heavy atom. The van der Waals surface area contributed by atoms with E-state index in [4.69, 9.17) is 9.15 Å². The average molecular weight is 422 g/mol. The number of aryl methyl sites for hydroxylation is 2. The minimum atomic E-state index is -0.696. The lowest BCUT2D eigenvalue weighted by Crippen LogP contribution is -2.41. The van der Waals surface area contributed by atoms with E-state index >= 15 is 0 Å². The number of hydrogen-bond acceptors (Lipinski definition) is 7. The van der Waals surface area contributed by atoms with Crippen LogP contribution in [0.15, 0.2) is 44.3 Å². The number of furan rings is 1. The molecule has 0 aliphatic heterocycles. The summed E-state index contributed by atoms with van der Waals surface area (Å²) in [5, 5.41) is 0. The van der Waals surface area contributed by atoms with Gasteiger partial charge in [0.05, 0.1) is 6.61 Å². The predicted octanol–water partition coefficient (Wildman–Crippen LogP) is 2.56. The lowest BCUT2D eigenvalue weighted by molar-refractivity contribution is -0.144. The number of esters is 1. The van der Waals surface area contributed by atoms with E-state index in [-0.39, 0.29) is 23.5 Å². The van der Waals surface area contributed by atoms with Crippen LogP contribution in [0.1, 0.15) is 25.3 Å². The largest absolute Gasteiger partial charge is 0.464 e. The van der Waals surface area contributed by atoms with Crippen LogP contribution in [0.5, 0.6) is 0 Å². The summed E-state index contributed by atoms with van der Waals surface area (Å²) in [4.78, 5) is 46.4. The van der Waals surface area contributed by atoms with Gasteiger partial charge in [-0.15, -0.1) is 0 Å². The van der Waals surface area contributed by atoms with E-state index in [2.05, 4.69) is 9.97 Å². The van der Waals surface area contributed by atoms with Gasteiger partial charge >= 0.3 is 11.7 Å². The summed E-state index contributed by atoms with van der Waals surface area (Å²) >= 11 is 0. The second-order valence-corrected chi connectivity index (χ2v) is 7.37. The van der Waals surface area contributed by atoms with Crippen LogP contribution in [-0.2, 0) is 23.1 Å². The quantitative estimate of drug-likeness (QED) is 0.347. The summed E-state index contributed by atoms with van der Waals surface area (Å²) in [6, 6.07) is 9.45. The van der Waals surface area contributed by atoms with E-state index in [1.54, 1.807) is 6.07 Å². The van der Waals surface area contributed by atoms with Gasteiger partial charge in [0, 0.05) is 18.7 Å².